The summed E-state index contributed by atoms with van der Waals surface area (Å²) >= 11 is 3.34. The van der Waals surface area contributed by atoms with Crippen molar-refractivity contribution in [1.29, 1.82) is 0 Å². The van der Waals surface area contributed by atoms with Gasteiger partial charge in [-0.1, -0.05) is 28.0 Å². The van der Waals surface area contributed by atoms with Gasteiger partial charge in [-0.3, -0.25) is 0 Å². The first-order valence-corrected chi connectivity index (χ1v) is 5.17. The second kappa shape index (κ2) is 5.65. The second-order valence-electron chi connectivity index (χ2n) is 2.78. The van der Waals surface area contributed by atoms with Crippen LogP contribution in [0.5, 0.6) is 5.75 Å². The molecule has 0 aromatic heterocycles. The highest BCUT2D eigenvalue weighted by atomic mass is 79.9. The molecular formula is C10H12BrNO2. The number of hydrogen-bond acceptors (Lipinski definition) is 3. The Morgan fingerprint density at radius 3 is 3.00 bits per heavy atom. The largest absolute Gasteiger partial charge is 0.493 e. The van der Waals surface area contributed by atoms with Crippen molar-refractivity contribution < 1.29 is 9.94 Å². The third-order valence-electron chi connectivity index (χ3n) is 1.63. The molecule has 3 nitrogen and oxygen atoms in total. The molecule has 0 amide bonds. The Morgan fingerprint density at radius 1 is 1.57 bits per heavy atom. The first kappa shape index (κ1) is 11.0. The monoisotopic (exact) mass is 257 g/mol. The molecule has 0 spiro atoms. The van der Waals surface area contributed by atoms with Crippen molar-refractivity contribution in [3.63, 3.8) is 0 Å². The number of nitrogens with zero attached hydrogens (tertiary/aromatic N) is 1. The van der Waals surface area contributed by atoms with E-state index in [2.05, 4.69) is 21.1 Å². The van der Waals surface area contributed by atoms with E-state index in [9.17, 15) is 0 Å². The van der Waals surface area contributed by atoms with Crippen molar-refractivity contribution in [3.05, 3.63) is 28.2 Å². The van der Waals surface area contributed by atoms with E-state index < -0.39 is 0 Å². The SMILES string of the molecule is CCCOc1ccc(Br)cc1C=NO. The third kappa shape index (κ3) is 3.03. The van der Waals surface area contributed by atoms with Crippen LogP contribution in [0.1, 0.15) is 18.9 Å². The van der Waals surface area contributed by atoms with Crippen molar-refractivity contribution >= 4 is 22.1 Å². The van der Waals surface area contributed by atoms with Crippen molar-refractivity contribution in [3.8, 4) is 5.75 Å². The van der Waals surface area contributed by atoms with Crippen LogP contribution in [0.4, 0.5) is 0 Å². The van der Waals surface area contributed by atoms with Gasteiger partial charge in [0, 0.05) is 10.0 Å². The fourth-order valence-electron chi connectivity index (χ4n) is 1.03. The van der Waals surface area contributed by atoms with Gasteiger partial charge in [0.15, 0.2) is 0 Å². The molecule has 1 rings (SSSR count). The van der Waals surface area contributed by atoms with Crippen molar-refractivity contribution in [1.82, 2.24) is 0 Å². The van der Waals surface area contributed by atoms with Crippen LogP contribution in [0.15, 0.2) is 27.8 Å². The summed E-state index contributed by atoms with van der Waals surface area (Å²) < 4.78 is 6.40. The molecular weight excluding hydrogens is 246 g/mol. The van der Waals surface area contributed by atoms with Gasteiger partial charge >= 0.3 is 0 Å². The number of benzene rings is 1. The lowest BCUT2D eigenvalue weighted by Gasteiger charge is -2.07. The molecule has 0 saturated heterocycles. The molecule has 0 unspecified atom stereocenters. The summed E-state index contributed by atoms with van der Waals surface area (Å²) in [6.45, 7) is 2.70. The molecule has 14 heavy (non-hydrogen) atoms. The van der Waals surface area contributed by atoms with Gasteiger partial charge in [0.1, 0.15) is 5.75 Å². The summed E-state index contributed by atoms with van der Waals surface area (Å²) in [5.41, 5.74) is 0.760. The average Bonchev–Trinajstić information content (AvgIpc) is 2.17. The molecule has 0 fully saturated rings. The number of hydrogen-bond donors (Lipinski definition) is 1. The van der Waals surface area contributed by atoms with Crippen LogP contribution in [0.2, 0.25) is 0 Å². The van der Waals surface area contributed by atoms with Gasteiger partial charge in [-0.15, -0.1) is 0 Å². The van der Waals surface area contributed by atoms with Crippen LogP contribution in [-0.2, 0) is 0 Å². The Morgan fingerprint density at radius 2 is 2.36 bits per heavy atom. The van der Waals surface area contributed by atoms with Gasteiger partial charge in [-0.25, -0.2) is 0 Å². The standard InChI is InChI=1S/C10H12BrNO2/c1-2-5-14-10-4-3-9(11)6-8(10)7-12-13/h3-4,6-7,13H,2,5H2,1H3. The molecule has 0 aliphatic rings. The molecule has 0 heterocycles. The zero-order valence-electron chi connectivity index (χ0n) is 7.90. The molecule has 0 aliphatic carbocycles. The van der Waals surface area contributed by atoms with E-state index in [1.165, 1.54) is 6.21 Å². The minimum absolute atomic E-state index is 0.661. The highest BCUT2D eigenvalue weighted by Gasteiger charge is 2.01. The topological polar surface area (TPSA) is 41.8 Å². The Kier molecular flexibility index (Phi) is 4.46. The predicted molar refractivity (Wildman–Crippen MR) is 59.3 cm³/mol. The molecule has 1 aromatic carbocycles. The zero-order valence-corrected chi connectivity index (χ0v) is 9.49. The van der Waals surface area contributed by atoms with Crippen molar-refractivity contribution in [2.45, 2.75) is 13.3 Å². The predicted octanol–water partition coefficient (Wildman–Crippen LogP) is 3.05. The molecule has 1 aromatic rings. The van der Waals surface area contributed by atoms with Gasteiger partial charge in [-0.05, 0) is 24.6 Å². The zero-order chi connectivity index (χ0) is 10.4. The Hall–Kier alpha value is -1.03. The highest BCUT2D eigenvalue weighted by molar-refractivity contribution is 9.10. The maximum Gasteiger partial charge on any atom is 0.128 e. The van der Waals surface area contributed by atoms with E-state index in [1.54, 1.807) is 0 Å². The molecule has 4 heteroatoms. The fourth-order valence-corrected chi connectivity index (χ4v) is 1.40. The lowest BCUT2D eigenvalue weighted by molar-refractivity contribution is 0.313. The fraction of sp³-hybridized carbons (Fsp3) is 0.300. The van der Waals surface area contributed by atoms with E-state index in [1.807, 2.05) is 25.1 Å². The van der Waals surface area contributed by atoms with E-state index in [0.717, 1.165) is 22.2 Å². The molecule has 0 aliphatic heterocycles. The van der Waals surface area contributed by atoms with Crippen molar-refractivity contribution in [2.75, 3.05) is 6.61 Å². The molecule has 0 bridgehead atoms. The van der Waals surface area contributed by atoms with Crippen LogP contribution in [0.25, 0.3) is 0 Å². The molecule has 0 saturated carbocycles. The summed E-state index contributed by atoms with van der Waals surface area (Å²) in [5, 5.41) is 11.4. The van der Waals surface area contributed by atoms with E-state index in [4.69, 9.17) is 9.94 Å². The van der Waals surface area contributed by atoms with Crippen LogP contribution >= 0.6 is 15.9 Å². The minimum atomic E-state index is 0.661. The summed E-state index contributed by atoms with van der Waals surface area (Å²) in [5.74, 6) is 0.729. The van der Waals surface area contributed by atoms with Crippen LogP contribution in [0.3, 0.4) is 0 Å². The first-order chi connectivity index (χ1) is 6.77. The quantitative estimate of drug-likeness (QED) is 0.512. The lowest BCUT2D eigenvalue weighted by atomic mass is 10.2. The van der Waals surface area contributed by atoms with Gasteiger partial charge in [-0.2, -0.15) is 0 Å². The molecule has 1 N–H and O–H groups in total. The second-order valence-corrected chi connectivity index (χ2v) is 3.69. The van der Waals surface area contributed by atoms with Gasteiger partial charge < -0.3 is 9.94 Å². The molecule has 0 radical (unpaired) electrons. The van der Waals surface area contributed by atoms with Gasteiger partial charge in [0.25, 0.3) is 0 Å². The maximum absolute atomic E-state index is 8.46. The van der Waals surface area contributed by atoms with E-state index in [0.29, 0.717) is 6.61 Å². The number of halogens is 1. The smallest absolute Gasteiger partial charge is 0.128 e. The lowest BCUT2D eigenvalue weighted by Crippen LogP contribution is -1.98. The summed E-state index contributed by atoms with van der Waals surface area (Å²) in [6, 6.07) is 5.57. The Bertz CT molecular complexity index is 326. The Labute approximate surface area is 91.5 Å². The van der Waals surface area contributed by atoms with E-state index in [-0.39, 0.29) is 0 Å². The third-order valence-corrected chi connectivity index (χ3v) is 2.12. The average molecular weight is 258 g/mol. The van der Waals surface area contributed by atoms with Crippen LogP contribution < -0.4 is 4.74 Å². The number of rotatable bonds is 4. The molecule has 76 valence electrons. The van der Waals surface area contributed by atoms with Crippen LogP contribution in [0, 0.1) is 0 Å². The number of oxime groups is 1. The normalized spacial score (nSPS) is 10.7. The molecule has 0 atom stereocenters. The minimum Gasteiger partial charge on any atom is -0.493 e. The summed E-state index contributed by atoms with van der Waals surface area (Å²) in [7, 11) is 0. The van der Waals surface area contributed by atoms with Crippen LogP contribution in [-0.4, -0.2) is 18.0 Å². The number of ether oxygens (including phenoxy) is 1. The van der Waals surface area contributed by atoms with Gasteiger partial charge in [0.05, 0.1) is 12.8 Å². The highest BCUT2D eigenvalue weighted by Crippen LogP contribution is 2.21. The maximum atomic E-state index is 8.46. The van der Waals surface area contributed by atoms with Gasteiger partial charge in [0.2, 0.25) is 0 Å². The van der Waals surface area contributed by atoms with E-state index >= 15 is 0 Å². The first-order valence-electron chi connectivity index (χ1n) is 4.37. The summed E-state index contributed by atoms with van der Waals surface area (Å²) in [6.07, 6.45) is 2.31. The Balaban J connectivity index is 2.90. The van der Waals surface area contributed by atoms with Crippen molar-refractivity contribution in [2.24, 2.45) is 5.16 Å². The summed E-state index contributed by atoms with van der Waals surface area (Å²) in [4.78, 5) is 0.